The van der Waals surface area contributed by atoms with Crippen LogP contribution in [0.25, 0.3) is 0 Å². The first-order valence-corrected chi connectivity index (χ1v) is 8.18. The summed E-state index contributed by atoms with van der Waals surface area (Å²) >= 11 is 3.39. The normalized spacial score (nSPS) is 12.0. The van der Waals surface area contributed by atoms with E-state index in [2.05, 4.69) is 28.1 Å². The molecule has 2 aromatic rings. The van der Waals surface area contributed by atoms with E-state index in [9.17, 15) is 4.79 Å². The quantitative estimate of drug-likeness (QED) is 0.856. The number of hydrogen-bond donors (Lipinski definition) is 1. The minimum absolute atomic E-state index is 0.0295. The number of likely N-dealkylation sites (N-methyl/N-ethyl adjacent to an activating group) is 1. The highest BCUT2D eigenvalue weighted by molar-refractivity contribution is 9.10. The lowest BCUT2D eigenvalue weighted by molar-refractivity contribution is 0.0725. The maximum Gasteiger partial charge on any atom is 0.253 e. The van der Waals surface area contributed by atoms with Gasteiger partial charge in [0.1, 0.15) is 0 Å². The second kappa shape index (κ2) is 8.11. The van der Waals surface area contributed by atoms with Crippen molar-refractivity contribution < 1.29 is 4.79 Å². The van der Waals surface area contributed by atoms with Crippen LogP contribution in [0.3, 0.4) is 0 Å². The van der Waals surface area contributed by atoms with E-state index in [4.69, 9.17) is 5.73 Å². The number of carbonyl (C=O) groups excluding carboxylic acids is 1. The standard InChI is InChI=1S/C18H21BrN2O/c1-21(18(22)15-7-9-16(19)10-8-15)17(11-12-20)13-14-5-3-2-4-6-14/h2-10,17H,11-13,20H2,1H3. The van der Waals surface area contributed by atoms with Crippen LogP contribution in [0.2, 0.25) is 0 Å². The van der Waals surface area contributed by atoms with Gasteiger partial charge in [-0.2, -0.15) is 0 Å². The Labute approximate surface area is 140 Å². The van der Waals surface area contributed by atoms with Gasteiger partial charge in [-0.05, 0) is 49.2 Å². The molecule has 0 heterocycles. The van der Waals surface area contributed by atoms with E-state index < -0.39 is 0 Å². The molecule has 4 heteroatoms. The van der Waals surface area contributed by atoms with Gasteiger partial charge in [-0.3, -0.25) is 4.79 Å². The second-order valence-corrected chi connectivity index (χ2v) is 6.26. The van der Waals surface area contributed by atoms with Gasteiger partial charge < -0.3 is 10.6 Å². The number of benzene rings is 2. The smallest absolute Gasteiger partial charge is 0.253 e. The number of hydrogen-bond acceptors (Lipinski definition) is 2. The second-order valence-electron chi connectivity index (χ2n) is 5.34. The summed E-state index contributed by atoms with van der Waals surface area (Å²) in [4.78, 5) is 14.4. The van der Waals surface area contributed by atoms with Crippen LogP contribution in [0, 0.1) is 0 Å². The molecule has 0 aliphatic heterocycles. The van der Waals surface area contributed by atoms with E-state index in [0.29, 0.717) is 12.1 Å². The van der Waals surface area contributed by atoms with Crippen LogP contribution in [0.4, 0.5) is 0 Å². The molecule has 2 aromatic carbocycles. The van der Waals surface area contributed by atoms with Gasteiger partial charge in [0, 0.05) is 23.1 Å². The Morgan fingerprint density at radius 3 is 2.36 bits per heavy atom. The van der Waals surface area contributed by atoms with Crippen molar-refractivity contribution in [1.82, 2.24) is 4.90 Å². The number of nitrogens with two attached hydrogens (primary N) is 1. The molecule has 1 amide bonds. The van der Waals surface area contributed by atoms with Gasteiger partial charge >= 0.3 is 0 Å². The zero-order chi connectivity index (χ0) is 15.9. The molecule has 0 aromatic heterocycles. The highest BCUT2D eigenvalue weighted by Gasteiger charge is 2.20. The molecule has 0 aliphatic rings. The summed E-state index contributed by atoms with van der Waals surface area (Å²) in [7, 11) is 1.85. The van der Waals surface area contributed by atoms with E-state index in [0.717, 1.165) is 17.3 Å². The zero-order valence-electron chi connectivity index (χ0n) is 12.7. The average Bonchev–Trinajstić information content (AvgIpc) is 2.55. The molecule has 2 N–H and O–H groups in total. The average molecular weight is 361 g/mol. The van der Waals surface area contributed by atoms with Gasteiger partial charge in [0.05, 0.1) is 0 Å². The molecule has 0 saturated heterocycles. The summed E-state index contributed by atoms with van der Waals surface area (Å²) in [6, 6.07) is 17.8. The van der Waals surface area contributed by atoms with Crippen molar-refractivity contribution in [3.8, 4) is 0 Å². The fourth-order valence-corrected chi connectivity index (χ4v) is 2.74. The topological polar surface area (TPSA) is 46.3 Å². The molecule has 0 spiro atoms. The van der Waals surface area contributed by atoms with E-state index in [1.165, 1.54) is 5.56 Å². The van der Waals surface area contributed by atoms with Crippen LogP contribution >= 0.6 is 15.9 Å². The molecule has 2 rings (SSSR count). The van der Waals surface area contributed by atoms with Crippen molar-refractivity contribution in [3.05, 3.63) is 70.2 Å². The lowest BCUT2D eigenvalue weighted by Crippen LogP contribution is -2.39. The summed E-state index contributed by atoms with van der Waals surface area (Å²) in [5.74, 6) is 0.0295. The van der Waals surface area contributed by atoms with Crippen LogP contribution in [0.1, 0.15) is 22.3 Å². The fourth-order valence-electron chi connectivity index (χ4n) is 2.47. The zero-order valence-corrected chi connectivity index (χ0v) is 14.3. The van der Waals surface area contributed by atoms with Gasteiger partial charge in [-0.25, -0.2) is 0 Å². The molecule has 22 heavy (non-hydrogen) atoms. The van der Waals surface area contributed by atoms with Gasteiger partial charge in [0.15, 0.2) is 0 Å². The highest BCUT2D eigenvalue weighted by Crippen LogP contribution is 2.16. The van der Waals surface area contributed by atoms with Crippen molar-refractivity contribution >= 4 is 21.8 Å². The molecule has 0 radical (unpaired) electrons. The first-order valence-electron chi connectivity index (χ1n) is 7.38. The summed E-state index contributed by atoms with van der Waals surface area (Å²) in [5.41, 5.74) is 7.65. The molecular weight excluding hydrogens is 340 g/mol. The van der Waals surface area contributed by atoms with Crippen LogP contribution in [0.5, 0.6) is 0 Å². The summed E-state index contributed by atoms with van der Waals surface area (Å²) in [6.45, 7) is 0.565. The first-order chi connectivity index (χ1) is 10.6. The van der Waals surface area contributed by atoms with Gasteiger partial charge in [-0.1, -0.05) is 46.3 Å². The monoisotopic (exact) mass is 360 g/mol. The Morgan fingerprint density at radius 1 is 1.14 bits per heavy atom. The predicted octanol–water partition coefficient (Wildman–Crippen LogP) is 3.48. The maximum absolute atomic E-state index is 12.6. The van der Waals surface area contributed by atoms with Crippen LogP contribution in [0.15, 0.2) is 59.1 Å². The summed E-state index contributed by atoms with van der Waals surface area (Å²) in [6.07, 6.45) is 1.60. The third-order valence-electron chi connectivity index (χ3n) is 3.77. The van der Waals surface area contributed by atoms with Gasteiger partial charge in [0.25, 0.3) is 5.91 Å². The lowest BCUT2D eigenvalue weighted by Gasteiger charge is -2.28. The Morgan fingerprint density at radius 2 is 1.77 bits per heavy atom. The molecule has 0 aliphatic carbocycles. The first kappa shape index (κ1) is 16.7. The third kappa shape index (κ3) is 4.42. The number of carbonyl (C=O) groups is 1. The van der Waals surface area contributed by atoms with Crippen molar-refractivity contribution in [2.45, 2.75) is 18.9 Å². The third-order valence-corrected chi connectivity index (χ3v) is 4.30. The van der Waals surface area contributed by atoms with Gasteiger partial charge in [0.2, 0.25) is 0 Å². The maximum atomic E-state index is 12.6. The summed E-state index contributed by atoms with van der Waals surface area (Å²) in [5, 5.41) is 0. The van der Waals surface area contributed by atoms with Crippen molar-refractivity contribution in [3.63, 3.8) is 0 Å². The summed E-state index contributed by atoms with van der Waals surface area (Å²) < 4.78 is 0.967. The molecule has 0 bridgehead atoms. The SMILES string of the molecule is CN(C(=O)c1ccc(Br)cc1)C(CCN)Cc1ccccc1. The molecule has 1 atom stereocenters. The van der Waals surface area contributed by atoms with Crippen LogP contribution in [-0.2, 0) is 6.42 Å². The van der Waals surface area contributed by atoms with Crippen molar-refractivity contribution in [2.75, 3.05) is 13.6 Å². The number of nitrogens with zero attached hydrogens (tertiary/aromatic N) is 1. The number of halogens is 1. The molecule has 3 nitrogen and oxygen atoms in total. The van der Waals surface area contributed by atoms with Crippen molar-refractivity contribution in [1.29, 1.82) is 0 Å². The van der Waals surface area contributed by atoms with Crippen LogP contribution < -0.4 is 5.73 Å². The Kier molecular flexibility index (Phi) is 6.16. The van der Waals surface area contributed by atoms with E-state index in [-0.39, 0.29) is 11.9 Å². The fraction of sp³-hybridized carbons (Fsp3) is 0.278. The highest BCUT2D eigenvalue weighted by atomic mass is 79.9. The van der Waals surface area contributed by atoms with Crippen LogP contribution in [-0.4, -0.2) is 30.4 Å². The molecule has 0 fully saturated rings. The Hall–Kier alpha value is -1.65. The van der Waals surface area contributed by atoms with Crippen molar-refractivity contribution in [2.24, 2.45) is 5.73 Å². The lowest BCUT2D eigenvalue weighted by atomic mass is 10.0. The molecule has 1 unspecified atom stereocenters. The van der Waals surface area contributed by atoms with E-state index in [1.807, 2.05) is 54.4 Å². The molecule has 0 saturated carbocycles. The van der Waals surface area contributed by atoms with E-state index in [1.54, 1.807) is 0 Å². The molecule has 116 valence electrons. The predicted molar refractivity (Wildman–Crippen MR) is 93.8 cm³/mol. The Balaban J connectivity index is 2.13. The van der Waals surface area contributed by atoms with Gasteiger partial charge in [-0.15, -0.1) is 0 Å². The minimum Gasteiger partial charge on any atom is -0.338 e. The minimum atomic E-state index is 0.0295. The van der Waals surface area contributed by atoms with E-state index >= 15 is 0 Å². The molecular formula is C18H21BrN2O. The number of amides is 1. The Bertz CT molecular complexity index is 598. The number of rotatable bonds is 6. The largest absolute Gasteiger partial charge is 0.338 e.